The minimum Gasteiger partial charge on any atom is -0.467 e. The maximum absolute atomic E-state index is 13.1. The summed E-state index contributed by atoms with van der Waals surface area (Å²) in [4.78, 5) is 18.3. The monoisotopic (exact) mass is 372 g/mol. The number of nitrogens with zero attached hydrogens (tertiary/aromatic N) is 1. The van der Waals surface area contributed by atoms with Crippen LogP contribution in [0.15, 0.2) is 83.6 Å². The third-order valence-corrected chi connectivity index (χ3v) is 5.03. The Morgan fingerprint density at radius 3 is 2.61 bits per heavy atom. The standard InChI is InChI=1S/C24H24N2O2/c27-24(16-20-17-25-23-13-5-4-12-22(20)23)26(18-21-11-7-15-28-21)14-6-10-19-8-2-1-3-9-19/h1-5,7-9,11-13,15,17,25H,6,10,14,16,18H2. The average molecular weight is 372 g/mol. The number of hydrogen-bond acceptors (Lipinski definition) is 2. The molecule has 4 heteroatoms. The van der Waals surface area contributed by atoms with E-state index in [2.05, 4.69) is 35.3 Å². The number of rotatable bonds is 8. The molecule has 4 rings (SSSR count). The molecule has 0 aliphatic rings. The number of nitrogens with one attached hydrogen (secondary N) is 1. The van der Waals surface area contributed by atoms with Crippen LogP contribution in [0.25, 0.3) is 10.9 Å². The molecule has 0 aliphatic carbocycles. The lowest BCUT2D eigenvalue weighted by molar-refractivity contribution is -0.131. The van der Waals surface area contributed by atoms with E-state index in [9.17, 15) is 4.79 Å². The molecule has 4 aromatic rings. The maximum Gasteiger partial charge on any atom is 0.227 e. The zero-order valence-corrected chi connectivity index (χ0v) is 15.8. The number of fused-ring (bicyclic) bond motifs is 1. The van der Waals surface area contributed by atoms with Crippen LogP contribution < -0.4 is 0 Å². The van der Waals surface area contributed by atoms with Gasteiger partial charge < -0.3 is 14.3 Å². The molecule has 0 aliphatic heterocycles. The molecule has 0 unspecified atom stereocenters. The van der Waals surface area contributed by atoms with E-state index < -0.39 is 0 Å². The summed E-state index contributed by atoms with van der Waals surface area (Å²) in [5.41, 5.74) is 3.39. The van der Waals surface area contributed by atoms with Gasteiger partial charge >= 0.3 is 0 Å². The normalized spacial score (nSPS) is 11.0. The molecule has 2 heterocycles. The predicted octanol–water partition coefficient (Wildman–Crippen LogP) is 4.97. The molecule has 0 spiro atoms. The second-order valence-electron chi connectivity index (χ2n) is 7.02. The Balaban J connectivity index is 1.45. The van der Waals surface area contributed by atoms with Gasteiger partial charge in [0.2, 0.25) is 5.91 Å². The van der Waals surface area contributed by atoms with Crippen molar-refractivity contribution in [1.82, 2.24) is 9.88 Å². The fraction of sp³-hybridized carbons (Fsp3) is 0.208. The fourth-order valence-corrected chi connectivity index (χ4v) is 3.55. The van der Waals surface area contributed by atoms with Crippen molar-refractivity contribution in [1.29, 1.82) is 0 Å². The van der Waals surface area contributed by atoms with E-state index in [0.29, 0.717) is 19.5 Å². The van der Waals surface area contributed by atoms with Crippen molar-refractivity contribution in [2.45, 2.75) is 25.8 Å². The molecule has 0 saturated heterocycles. The number of carbonyl (C=O) groups excluding carboxylic acids is 1. The summed E-state index contributed by atoms with van der Waals surface area (Å²) in [6.45, 7) is 1.21. The largest absolute Gasteiger partial charge is 0.467 e. The van der Waals surface area contributed by atoms with Gasteiger partial charge in [0.25, 0.3) is 0 Å². The Hall–Kier alpha value is -3.27. The van der Waals surface area contributed by atoms with Crippen LogP contribution in [-0.4, -0.2) is 22.3 Å². The van der Waals surface area contributed by atoms with Crippen LogP contribution in [0.3, 0.4) is 0 Å². The first kappa shape index (κ1) is 18.1. The van der Waals surface area contributed by atoms with Crippen molar-refractivity contribution >= 4 is 16.8 Å². The molecule has 2 aromatic heterocycles. The molecule has 0 fully saturated rings. The van der Waals surface area contributed by atoms with Gasteiger partial charge in [0.1, 0.15) is 5.76 Å². The lowest BCUT2D eigenvalue weighted by atomic mass is 10.1. The molecule has 0 radical (unpaired) electrons. The third kappa shape index (κ3) is 4.34. The molecule has 1 amide bonds. The number of furan rings is 1. The minimum absolute atomic E-state index is 0.120. The number of aromatic amines is 1. The van der Waals surface area contributed by atoms with E-state index >= 15 is 0 Å². The Bertz CT molecular complexity index is 1020. The number of aromatic nitrogens is 1. The number of H-pyrrole nitrogens is 1. The van der Waals surface area contributed by atoms with Gasteiger partial charge in [-0.2, -0.15) is 0 Å². The number of benzene rings is 2. The first-order valence-corrected chi connectivity index (χ1v) is 9.68. The predicted molar refractivity (Wildman–Crippen MR) is 111 cm³/mol. The Morgan fingerprint density at radius 2 is 1.79 bits per heavy atom. The van der Waals surface area contributed by atoms with E-state index in [1.54, 1.807) is 6.26 Å². The van der Waals surface area contributed by atoms with Crippen LogP contribution in [0.2, 0.25) is 0 Å². The zero-order valence-electron chi connectivity index (χ0n) is 15.8. The number of para-hydroxylation sites is 1. The quantitative estimate of drug-likeness (QED) is 0.475. The van der Waals surface area contributed by atoms with E-state index in [4.69, 9.17) is 4.42 Å². The van der Waals surface area contributed by atoms with Crippen LogP contribution in [0.5, 0.6) is 0 Å². The third-order valence-electron chi connectivity index (χ3n) is 5.03. The Kier molecular flexibility index (Phi) is 5.57. The second-order valence-corrected chi connectivity index (χ2v) is 7.02. The number of aryl methyl sites for hydroxylation is 1. The topological polar surface area (TPSA) is 49.2 Å². The number of amides is 1. The van der Waals surface area contributed by atoms with Crippen molar-refractivity contribution in [3.63, 3.8) is 0 Å². The van der Waals surface area contributed by atoms with Crippen molar-refractivity contribution in [2.75, 3.05) is 6.54 Å². The SMILES string of the molecule is O=C(Cc1c[nH]c2ccccc12)N(CCCc1ccccc1)Cc1ccco1. The molecular weight excluding hydrogens is 348 g/mol. The fourth-order valence-electron chi connectivity index (χ4n) is 3.55. The minimum atomic E-state index is 0.120. The van der Waals surface area contributed by atoms with Crippen LogP contribution in [-0.2, 0) is 24.2 Å². The van der Waals surface area contributed by atoms with Gasteiger partial charge in [-0.05, 0) is 42.2 Å². The maximum atomic E-state index is 13.1. The van der Waals surface area contributed by atoms with Crippen LogP contribution in [0.4, 0.5) is 0 Å². The van der Waals surface area contributed by atoms with Gasteiger partial charge in [-0.15, -0.1) is 0 Å². The van der Waals surface area contributed by atoms with Crippen molar-refractivity contribution < 1.29 is 9.21 Å². The van der Waals surface area contributed by atoms with Gasteiger partial charge in [-0.3, -0.25) is 4.79 Å². The number of hydrogen-bond donors (Lipinski definition) is 1. The second kappa shape index (κ2) is 8.61. The highest BCUT2D eigenvalue weighted by Gasteiger charge is 2.17. The molecule has 2 aromatic carbocycles. The van der Waals surface area contributed by atoms with Gasteiger partial charge in [0.15, 0.2) is 0 Å². The average Bonchev–Trinajstić information content (AvgIpc) is 3.38. The van der Waals surface area contributed by atoms with Crippen molar-refractivity contribution in [2.24, 2.45) is 0 Å². The first-order valence-electron chi connectivity index (χ1n) is 9.68. The molecule has 4 nitrogen and oxygen atoms in total. The summed E-state index contributed by atoms with van der Waals surface area (Å²) in [6, 6.07) is 22.3. The molecule has 0 bridgehead atoms. The highest BCUT2D eigenvalue weighted by atomic mass is 16.3. The van der Waals surface area contributed by atoms with Gasteiger partial charge in [0.05, 0.1) is 19.2 Å². The molecule has 142 valence electrons. The highest BCUT2D eigenvalue weighted by molar-refractivity contribution is 5.88. The smallest absolute Gasteiger partial charge is 0.227 e. The van der Waals surface area contributed by atoms with E-state index in [1.807, 2.05) is 47.5 Å². The molecular formula is C24H24N2O2. The van der Waals surface area contributed by atoms with E-state index in [1.165, 1.54) is 5.56 Å². The lowest BCUT2D eigenvalue weighted by Crippen LogP contribution is -2.32. The first-order chi connectivity index (χ1) is 13.8. The number of carbonyl (C=O) groups is 1. The molecule has 28 heavy (non-hydrogen) atoms. The van der Waals surface area contributed by atoms with Crippen LogP contribution >= 0.6 is 0 Å². The molecule has 1 N–H and O–H groups in total. The molecule has 0 saturated carbocycles. The lowest BCUT2D eigenvalue weighted by Gasteiger charge is -2.22. The zero-order chi connectivity index (χ0) is 19.2. The summed E-state index contributed by atoms with van der Waals surface area (Å²) in [5, 5.41) is 1.11. The van der Waals surface area contributed by atoms with Crippen molar-refractivity contribution in [3.05, 3.63) is 96.1 Å². The Morgan fingerprint density at radius 1 is 0.964 bits per heavy atom. The van der Waals surface area contributed by atoms with Crippen LogP contribution in [0, 0.1) is 0 Å². The highest BCUT2D eigenvalue weighted by Crippen LogP contribution is 2.19. The molecule has 0 atom stereocenters. The van der Waals surface area contributed by atoms with E-state index in [0.717, 1.165) is 35.1 Å². The summed E-state index contributed by atoms with van der Waals surface area (Å²) in [6.07, 6.45) is 5.86. The van der Waals surface area contributed by atoms with Gasteiger partial charge in [-0.25, -0.2) is 0 Å². The Labute approximate surface area is 164 Å². The summed E-state index contributed by atoms with van der Waals surface area (Å²) < 4.78 is 5.48. The van der Waals surface area contributed by atoms with Gasteiger partial charge in [0, 0.05) is 23.6 Å². The summed E-state index contributed by atoms with van der Waals surface area (Å²) >= 11 is 0. The van der Waals surface area contributed by atoms with Gasteiger partial charge in [-0.1, -0.05) is 48.5 Å². The van der Waals surface area contributed by atoms with Crippen LogP contribution in [0.1, 0.15) is 23.3 Å². The van der Waals surface area contributed by atoms with Crippen molar-refractivity contribution in [3.8, 4) is 0 Å². The van der Waals surface area contributed by atoms with E-state index in [-0.39, 0.29) is 5.91 Å². The summed E-state index contributed by atoms with van der Waals surface area (Å²) in [7, 11) is 0. The summed E-state index contributed by atoms with van der Waals surface area (Å²) in [5.74, 6) is 0.932.